The molecular formula is C25H21N3O4S2. The lowest BCUT2D eigenvalue weighted by Gasteiger charge is -2.08. The SMILES string of the molecule is CC(=O)Nc1ccc(NC(=O)COC(=O)Cc2sc(-c3ccccc3)nc2-c2cccs2)cc1. The molecule has 0 aliphatic heterocycles. The van der Waals surface area contributed by atoms with E-state index < -0.39 is 18.5 Å². The quantitative estimate of drug-likeness (QED) is 0.329. The fourth-order valence-electron chi connectivity index (χ4n) is 3.15. The monoisotopic (exact) mass is 491 g/mol. The van der Waals surface area contributed by atoms with E-state index in [0.717, 1.165) is 26.0 Å². The van der Waals surface area contributed by atoms with E-state index in [0.29, 0.717) is 11.4 Å². The van der Waals surface area contributed by atoms with E-state index in [4.69, 9.17) is 9.72 Å². The Morgan fingerprint density at radius 3 is 2.26 bits per heavy atom. The zero-order valence-electron chi connectivity index (χ0n) is 18.2. The molecule has 0 fully saturated rings. The summed E-state index contributed by atoms with van der Waals surface area (Å²) in [6, 6.07) is 20.3. The van der Waals surface area contributed by atoms with Gasteiger partial charge in [-0.05, 0) is 35.7 Å². The van der Waals surface area contributed by atoms with Gasteiger partial charge in [-0.2, -0.15) is 0 Å². The van der Waals surface area contributed by atoms with Crippen molar-refractivity contribution in [2.45, 2.75) is 13.3 Å². The first-order valence-electron chi connectivity index (χ1n) is 10.4. The molecule has 4 aromatic rings. The number of benzene rings is 2. The standard InChI is InChI=1S/C25H21N3O4S2/c1-16(29)26-18-9-11-19(12-10-18)27-22(30)15-32-23(31)14-21-24(20-8-5-13-33-20)28-25(34-21)17-6-3-2-4-7-17/h2-13H,14-15H2,1H3,(H,26,29)(H,27,30). The molecule has 7 nitrogen and oxygen atoms in total. The van der Waals surface area contributed by atoms with E-state index in [-0.39, 0.29) is 12.3 Å². The third kappa shape index (κ3) is 6.15. The van der Waals surface area contributed by atoms with Crippen LogP contribution in [0.15, 0.2) is 72.1 Å². The fourth-order valence-corrected chi connectivity index (χ4v) is 5.02. The summed E-state index contributed by atoms with van der Waals surface area (Å²) in [6.45, 7) is 1.02. The Hall–Kier alpha value is -3.82. The lowest BCUT2D eigenvalue weighted by Crippen LogP contribution is -2.21. The number of thiazole rings is 1. The molecule has 0 bridgehead atoms. The van der Waals surface area contributed by atoms with Crippen LogP contribution in [-0.2, 0) is 25.5 Å². The molecule has 0 saturated heterocycles. The third-order valence-corrected chi connectivity index (χ3v) is 6.61. The summed E-state index contributed by atoms with van der Waals surface area (Å²) in [5.74, 6) is -1.13. The van der Waals surface area contributed by atoms with Crippen LogP contribution in [0.1, 0.15) is 11.8 Å². The summed E-state index contributed by atoms with van der Waals surface area (Å²) in [6.07, 6.45) is 0.0242. The van der Waals surface area contributed by atoms with Crippen molar-refractivity contribution in [1.82, 2.24) is 4.98 Å². The minimum absolute atomic E-state index is 0.0242. The van der Waals surface area contributed by atoms with E-state index >= 15 is 0 Å². The van der Waals surface area contributed by atoms with Gasteiger partial charge in [0.05, 0.1) is 17.0 Å². The van der Waals surface area contributed by atoms with Gasteiger partial charge in [0.25, 0.3) is 5.91 Å². The van der Waals surface area contributed by atoms with Crippen LogP contribution >= 0.6 is 22.7 Å². The number of carbonyl (C=O) groups is 3. The summed E-state index contributed by atoms with van der Waals surface area (Å²) in [5, 5.41) is 8.11. The molecule has 2 N–H and O–H groups in total. The number of esters is 1. The molecule has 2 heterocycles. The molecule has 172 valence electrons. The van der Waals surface area contributed by atoms with E-state index in [1.807, 2.05) is 47.8 Å². The number of amides is 2. The highest BCUT2D eigenvalue weighted by Gasteiger charge is 2.19. The van der Waals surface area contributed by atoms with Crippen molar-refractivity contribution >= 4 is 51.8 Å². The van der Waals surface area contributed by atoms with Crippen LogP contribution < -0.4 is 10.6 Å². The van der Waals surface area contributed by atoms with Gasteiger partial charge in [0.1, 0.15) is 5.01 Å². The van der Waals surface area contributed by atoms with Crippen molar-refractivity contribution in [2.24, 2.45) is 0 Å². The molecule has 0 unspecified atom stereocenters. The molecule has 0 saturated carbocycles. The number of hydrogen-bond acceptors (Lipinski definition) is 7. The second-order valence-electron chi connectivity index (χ2n) is 7.28. The summed E-state index contributed by atoms with van der Waals surface area (Å²) in [5.41, 5.74) is 2.90. The number of carbonyl (C=O) groups excluding carboxylic acids is 3. The van der Waals surface area contributed by atoms with Crippen molar-refractivity contribution in [1.29, 1.82) is 0 Å². The maximum Gasteiger partial charge on any atom is 0.311 e. The second-order valence-corrected chi connectivity index (χ2v) is 9.31. The molecule has 2 aromatic carbocycles. The average molecular weight is 492 g/mol. The van der Waals surface area contributed by atoms with E-state index in [1.165, 1.54) is 18.3 Å². The average Bonchev–Trinajstić information content (AvgIpc) is 3.49. The van der Waals surface area contributed by atoms with Crippen LogP contribution in [0.5, 0.6) is 0 Å². The molecule has 2 amide bonds. The maximum atomic E-state index is 12.5. The Morgan fingerprint density at radius 1 is 0.912 bits per heavy atom. The molecule has 9 heteroatoms. The Balaban J connectivity index is 1.37. The van der Waals surface area contributed by atoms with Crippen molar-refractivity contribution in [3.8, 4) is 21.1 Å². The Morgan fingerprint density at radius 2 is 1.62 bits per heavy atom. The fraction of sp³-hybridized carbons (Fsp3) is 0.120. The van der Waals surface area contributed by atoms with Crippen LogP contribution in [0.2, 0.25) is 0 Å². The van der Waals surface area contributed by atoms with Gasteiger partial charge < -0.3 is 15.4 Å². The summed E-state index contributed by atoms with van der Waals surface area (Å²) >= 11 is 3.00. The Bertz CT molecular complexity index is 1280. The first-order valence-corrected chi connectivity index (χ1v) is 12.1. The van der Waals surface area contributed by atoms with Gasteiger partial charge in [-0.3, -0.25) is 14.4 Å². The van der Waals surface area contributed by atoms with Crippen molar-refractivity contribution in [3.63, 3.8) is 0 Å². The van der Waals surface area contributed by atoms with Crippen LogP contribution in [-0.4, -0.2) is 29.4 Å². The molecule has 0 spiro atoms. The highest BCUT2D eigenvalue weighted by Crippen LogP contribution is 2.36. The Kier molecular flexibility index (Phi) is 7.46. The summed E-state index contributed by atoms with van der Waals surface area (Å²) in [4.78, 5) is 42.4. The van der Waals surface area contributed by atoms with Crippen LogP contribution in [0, 0.1) is 0 Å². The lowest BCUT2D eigenvalue weighted by atomic mass is 10.2. The zero-order chi connectivity index (χ0) is 23.9. The predicted molar refractivity (Wildman–Crippen MR) is 135 cm³/mol. The van der Waals surface area contributed by atoms with Gasteiger partial charge in [-0.25, -0.2) is 4.98 Å². The first-order chi connectivity index (χ1) is 16.5. The van der Waals surface area contributed by atoms with Crippen LogP contribution in [0.3, 0.4) is 0 Å². The van der Waals surface area contributed by atoms with Crippen molar-refractivity contribution < 1.29 is 19.1 Å². The van der Waals surface area contributed by atoms with Gasteiger partial charge in [0.15, 0.2) is 6.61 Å². The normalized spacial score (nSPS) is 10.5. The number of nitrogens with zero attached hydrogens (tertiary/aromatic N) is 1. The van der Waals surface area contributed by atoms with Crippen molar-refractivity contribution in [3.05, 3.63) is 77.0 Å². The largest absolute Gasteiger partial charge is 0.455 e. The van der Waals surface area contributed by atoms with Gasteiger partial charge in [-0.1, -0.05) is 36.4 Å². The van der Waals surface area contributed by atoms with Crippen LogP contribution in [0.25, 0.3) is 21.1 Å². The molecule has 34 heavy (non-hydrogen) atoms. The lowest BCUT2D eigenvalue weighted by molar-refractivity contribution is -0.146. The van der Waals surface area contributed by atoms with Gasteiger partial charge in [0.2, 0.25) is 5.91 Å². The number of nitrogens with one attached hydrogen (secondary N) is 2. The van der Waals surface area contributed by atoms with E-state index in [2.05, 4.69) is 10.6 Å². The number of aromatic nitrogens is 1. The minimum atomic E-state index is -0.503. The molecule has 4 rings (SSSR count). The second kappa shape index (κ2) is 10.9. The maximum absolute atomic E-state index is 12.5. The Labute approximate surface area is 204 Å². The smallest absolute Gasteiger partial charge is 0.311 e. The van der Waals surface area contributed by atoms with E-state index in [9.17, 15) is 14.4 Å². The number of ether oxygens (including phenoxy) is 1. The molecule has 0 radical (unpaired) electrons. The van der Waals surface area contributed by atoms with Gasteiger partial charge >= 0.3 is 5.97 Å². The minimum Gasteiger partial charge on any atom is -0.455 e. The third-order valence-electron chi connectivity index (χ3n) is 4.63. The summed E-state index contributed by atoms with van der Waals surface area (Å²) in [7, 11) is 0. The highest BCUT2D eigenvalue weighted by molar-refractivity contribution is 7.17. The number of thiophene rings is 1. The molecule has 0 atom stereocenters. The van der Waals surface area contributed by atoms with Gasteiger partial charge in [0, 0.05) is 28.7 Å². The van der Waals surface area contributed by atoms with Crippen molar-refractivity contribution in [2.75, 3.05) is 17.2 Å². The molecular weight excluding hydrogens is 470 g/mol. The number of rotatable bonds is 8. The summed E-state index contributed by atoms with van der Waals surface area (Å²) < 4.78 is 5.22. The first kappa shape index (κ1) is 23.3. The highest BCUT2D eigenvalue weighted by atomic mass is 32.1. The molecule has 0 aliphatic rings. The van der Waals surface area contributed by atoms with E-state index in [1.54, 1.807) is 35.6 Å². The predicted octanol–water partition coefficient (Wildman–Crippen LogP) is 5.22. The number of anilines is 2. The number of hydrogen-bond donors (Lipinski definition) is 2. The molecule has 0 aliphatic carbocycles. The zero-order valence-corrected chi connectivity index (χ0v) is 19.9. The van der Waals surface area contributed by atoms with Gasteiger partial charge in [-0.15, -0.1) is 22.7 Å². The van der Waals surface area contributed by atoms with Crippen LogP contribution in [0.4, 0.5) is 11.4 Å². The molecule has 2 aromatic heterocycles. The topological polar surface area (TPSA) is 97.4 Å².